The molecule has 0 atom stereocenters. The molecule has 2 N–H and O–H groups in total. The minimum absolute atomic E-state index is 0.540. The van der Waals surface area contributed by atoms with Crippen molar-refractivity contribution in [3.8, 4) is 0 Å². The molecule has 0 spiro atoms. The summed E-state index contributed by atoms with van der Waals surface area (Å²) in [6, 6.07) is 0. The summed E-state index contributed by atoms with van der Waals surface area (Å²) in [5, 5.41) is 7.02. The molecule has 1 heterocycles. The molecule has 0 bridgehead atoms. The van der Waals surface area contributed by atoms with Gasteiger partial charge in [-0.3, -0.25) is 4.99 Å². The van der Waals surface area contributed by atoms with E-state index in [0.29, 0.717) is 5.41 Å². The van der Waals surface area contributed by atoms with Gasteiger partial charge in [-0.25, -0.2) is 0 Å². The first kappa shape index (κ1) is 19.5. The summed E-state index contributed by atoms with van der Waals surface area (Å²) >= 11 is 0. The predicted molar refractivity (Wildman–Crippen MR) is 104 cm³/mol. The highest BCUT2D eigenvalue weighted by Gasteiger charge is 2.34. The lowest BCUT2D eigenvalue weighted by molar-refractivity contribution is 0.131. The summed E-state index contributed by atoms with van der Waals surface area (Å²) in [5.41, 5.74) is 0.540. The Morgan fingerprint density at radius 3 is 2.25 bits per heavy atom. The molecule has 0 radical (unpaired) electrons. The lowest BCUT2D eigenvalue weighted by atomic mass is 9.67. The van der Waals surface area contributed by atoms with Crippen molar-refractivity contribution in [2.75, 3.05) is 59.4 Å². The number of guanidine groups is 1. The van der Waals surface area contributed by atoms with Gasteiger partial charge in [-0.1, -0.05) is 20.3 Å². The summed E-state index contributed by atoms with van der Waals surface area (Å²) in [4.78, 5) is 9.52. The van der Waals surface area contributed by atoms with E-state index in [2.05, 4.69) is 39.3 Å². The number of nitrogens with one attached hydrogen (secondary N) is 2. The number of nitrogens with zero attached hydrogens (tertiary/aromatic N) is 3. The van der Waals surface area contributed by atoms with E-state index in [1.807, 2.05) is 7.05 Å². The first-order valence-corrected chi connectivity index (χ1v) is 10.1. The van der Waals surface area contributed by atoms with Crippen LogP contribution in [0.3, 0.4) is 0 Å². The number of hydrogen-bond acceptors (Lipinski definition) is 3. The maximum atomic E-state index is 4.37. The van der Waals surface area contributed by atoms with Gasteiger partial charge in [0.15, 0.2) is 5.96 Å². The van der Waals surface area contributed by atoms with Crippen LogP contribution in [0.1, 0.15) is 52.4 Å². The molecule has 24 heavy (non-hydrogen) atoms. The second kappa shape index (κ2) is 10.2. The third-order valence-corrected chi connectivity index (χ3v) is 6.12. The SMILES string of the molecule is CCN1CCN(CCCCNC(=NC)NCC2(CC)CCC2)CC1. The van der Waals surface area contributed by atoms with Gasteiger partial charge in [-0.05, 0) is 50.6 Å². The van der Waals surface area contributed by atoms with Crippen molar-refractivity contribution in [2.24, 2.45) is 10.4 Å². The van der Waals surface area contributed by atoms with Crippen molar-refractivity contribution < 1.29 is 0 Å². The Kier molecular flexibility index (Phi) is 8.33. The normalized spacial score (nSPS) is 22.2. The molecular formula is C19H39N5. The zero-order valence-electron chi connectivity index (χ0n) is 16.2. The zero-order chi connectivity index (χ0) is 17.3. The first-order valence-electron chi connectivity index (χ1n) is 10.1. The number of rotatable bonds is 9. The van der Waals surface area contributed by atoms with Crippen molar-refractivity contribution >= 4 is 5.96 Å². The smallest absolute Gasteiger partial charge is 0.190 e. The number of aliphatic imine (C=N–C) groups is 1. The van der Waals surface area contributed by atoms with Gasteiger partial charge in [0, 0.05) is 46.3 Å². The molecule has 1 aliphatic carbocycles. The second-order valence-electron chi connectivity index (χ2n) is 7.54. The molecular weight excluding hydrogens is 298 g/mol. The van der Waals surface area contributed by atoms with Gasteiger partial charge in [0.25, 0.3) is 0 Å². The predicted octanol–water partition coefficient (Wildman–Crippen LogP) is 2.15. The average Bonchev–Trinajstić information content (AvgIpc) is 2.59. The third kappa shape index (κ3) is 5.92. The molecule has 2 aliphatic rings. The molecule has 2 fully saturated rings. The van der Waals surface area contributed by atoms with E-state index in [-0.39, 0.29) is 0 Å². The molecule has 0 aromatic heterocycles. The lowest BCUT2D eigenvalue weighted by Crippen LogP contribution is -2.47. The van der Waals surface area contributed by atoms with Gasteiger partial charge < -0.3 is 20.4 Å². The number of unbranched alkanes of at least 4 members (excludes halogenated alkanes) is 1. The molecule has 0 aromatic carbocycles. The highest BCUT2D eigenvalue weighted by Crippen LogP contribution is 2.42. The van der Waals surface area contributed by atoms with Gasteiger partial charge in [0.1, 0.15) is 0 Å². The van der Waals surface area contributed by atoms with Crippen LogP contribution in [-0.4, -0.2) is 75.2 Å². The Morgan fingerprint density at radius 1 is 1.00 bits per heavy atom. The Hall–Kier alpha value is -0.810. The van der Waals surface area contributed by atoms with E-state index in [1.54, 1.807) is 0 Å². The van der Waals surface area contributed by atoms with Gasteiger partial charge >= 0.3 is 0 Å². The molecule has 2 rings (SSSR count). The van der Waals surface area contributed by atoms with Gasteiger partial charge in [-0.15, -0.1) is 0 Å². The molecule has 5 heteroatoms. The van der Waals surface area contributed by atoms with Crippen LogP contribution in [0, 0.1) is 5.41 Å². The van der Waals surface area contributed by atoms with Gasteiger partial charge in [0.05, 0.1) is 0 Å². The molecule has 0 amide bonds. The minimum atomic E-state index is 0.540. The van der Waals surface area contributed by atoms with Crippen molar-refractivity contribution in [3.63, 3.8) is 0 Å². The Bertz CT molecular complexity index is 364. The number of likely N-dealkylation sites (N-methyl/N-ethyl adjacent to an activating group) is 1. The summed E-state index contributed by atoms with van der Waals surface area (Å²) in [7, 11) is 1.88. The zero-order valence-corrected chi connectivity index (χ0v) is 16.2. The van der Waals surface area contributed by atoms with Crippen molar-refractivity contribution in [1.82, 2.24) is 20.4 Å². The Labute approximate surface area is 149 Å². The fourth-order valence-electron chi connectivity index (χ4n) is 3.82. The van der Waals surface area contributed by atoms with E-state index >= 15 is 0 Å². The molecule has 5 nitrogen and oxygen atoms in total. The maximum absolute atomic E-state index is 4.37. The number of hydrogen-bond donors (Lipinski definition) is 2. The molecule has 1 saturated carbocycles. The number of piperazine rings is 1. The lowest BCUT2D eigenvalue weighted by Gasteiger charge is -2.41. The topological polar surface area (TPSA) is 42.9 Å². The van der Waals surface area contributed by atoms with E-state index in [9.17, 15) is 0 Å². The Balaban J connectivity index is 1.51. The van der Waals surface area contributed by atoms with Crippen molar-refractivity contribution in [3.05, 3.63) is 0 Å². The molecule has 0 unspecified atom stereocenters. The standard InChI is InChI=1S/C19H39N5/c1-4-19(9-8-10-19)17-22-18(20-3)21-11-6-7-12-24-15-13-23(5-2)14-16-24/h4-17H2,1-3H3,(H2,20,21,22). The second-order valence-corrected chi connectivity index (χ2v) is 7.54. The monoisotopic (exact) mass is 337 g/mol. The van der Waals surface area contributed by atoms with E-state index in [4.69, 9.17) is 0 Å². The fourth-order valence-corrected chi connectivity index (χ4v) is 3.82. The molecule has 1 saturated heterocycles. The summed E-state index contributed by atoms with van der Waals surface area (Å²) in [5.74, 6) is 0.978. The maximum Gasteiger partial charge on any atom is 0.190 e. The van der Waals surface area contributed by atoms with Crippen LogP contribution >= 0.6 is 0 Å². The fraction of sp³-hybridized carbons (Fsp3) is 0.947. The van der Waals surface area contributed by atoms with E-state index < -0.39 is 0 Å². The van der Waals surface area contributed by atoms with E-state index in [1.165, 1.54) is 77.8 Å². The van der Waals surface area contributed by atoms with Gasteiger partial charge in [-0.2, -0.15) is 0 Å². The van der Waals surface area contributed by atoms with Crippen LogP contribution in [0.15, 0.2) is 4.99 Å². The van der Waals surface area contributed by atoms with Crippen LogP contribution < -0.4 is 10.6 Å². The van der Waals surface area contributed by atoms with Crippen molar-refractivity contribution in [1.29, 1.82) is 0 Å². The summed E-state index contributed by atoms with van der Waals surface area (Å²) in [6.07, 6.45) is 7.91. The minimum Gasteiger partial charge on any atom is -0.356 e. The summed E-state index contributed by atoms with van der Waals surface area (Å²) in [6.45, 7) is 14.1. The third-order valence-electron chi connectivity index (χ3n) is 6.12. The highest BCUT2D eigenvalue weighted by atomic mass is 15.3. The van der Waals surface area contributed by atoms with Crippen LogP contribution in [-0.2, 0) is 0 Å². The molecule has 1 aliphatic heterocycles. The quantitative estimate of drug-likeness (QED) is 0.384. The molecule has 0 aromatic rings. The summed E-state index contributed by atoms with van der Waals surface area (Å²) < 4.78 is 0. The molecule has 140 valence electrons. The van der Waals surface area contributed by atoms with Gasteiger partial charge in [0.2, 0.25) is 0 Å². The first-order chi connectivity index (χ1) is 11.7. The van der Waals surface area contributed by atoms with Crippen LogP contribution in [0.2, 0.25) is 0 Å². The average molecular weight is 338 g/mol. The van der Waals surface area contributed by atoms with Crippen LogP contribution in [0.25, 0.3) is 0 Å². The Morgan fingerprint density at radius 2 is 1.71 bits per heavy atom. The van der Waals surface area contributed by atoms with E-state index in [0.717, 1.165) is 19.0 Å². The highest BCUT2D eigenvalue weighted by molar-refractivity contribution is 5.79. The van der Waals surface area contributed by atoms with Crippen LogP contribution in [0.4, 0.5) is 0 Å². The van der Waals surface area contributed by atoms with Crippen molar-refractivity contribution in [2.45, 2.75) is 52.4 Å². The van der Waals surface area contributed by atoms with Crippen LogP contribution in [0.5, 0.6) is 0 Å². The largest absolute Gasteiger partial charge is 0.356 e.